The Morgan fingerprint density at radius 2 is 1.92 bits per heavy atom. The maximum absolute atomic E-state index is 12.4. The van der Waals surface area contributed by atoms with Crippen molar-refractivity contribution >= 4 is 11.8 Å². The number of aromatic nitrogens is 3. The Morgan fingerprint density at radius 3 is 2.58 bits per heavy atom. The Kier molecular flexibility index (Phi) is 4.92. The molecule has 138 valence electrons. The van der Waals surface area contributed by atoms with Gasteiger partial charge < -0.3 is 10.2 Å². The van der Waals surface area contributed by atoms with Crippen molar-refractivity contribution < 1.29 is 9.59 Å². The van der Waals surface area contributed by atoms with Crippen LogP contribution in [0.2, 0.25) is 0 Å². The molecule has 2 aromatic rings. The molecule has 2 amide bonds. The van der Waals surface area contributed by atoms with E-state index >= 15 is 0 Å². The molecular formula is C18H23N5O3. The van der Waals surface area contributed by atoms with Crippen LogP contribution in [-0.4, -0.2) is 44.2 Å². The molecule has 0 saturated heterocycles. The Balaban J connectivity index is 1.71. The van der Waals surface area contributed by atoms with E-state index in [2.05, 4.69) is 10.4 Å². The van der Waals surface area contributed by atoms with Gasteiger partial charge in [-0.15, -0.1) is 5.10 Å². The van der Waals surface area contributed by atoms with Crippen LogP contribution in [0.5, 0.6) is 0 Å². The van der Waals surface area contributed by atoms with Crippen LogP contribution in [0.1, 0.15) is 41.6 Å². The van der Waals surface area contributed by atoms with Crippen LogP contribution in [0, 0.1) is 6.92 Å². The van der Waals surface area contributed by atoms with Crippen LogP contribution in [0.3, 0.4) is 0 Å². The normalized spacial score (nSPS) is 14.9. The number of hydrogen-bond donors (Lipinski definition) is 1. The zero-order valence-electron chi connectivity index (χ0n) is 15.2. The van der Waals surface area contributed by atoms with Crippen LogP contribution >= 0.6 is 0 Å². The third-order valence-corrected chi connectivity index (χ3v) is 4.62. The second-order valence-corrected chi connectivity index (χ2v) is 6.50. The average molecular weight is 357 g/mol. The highest BCUT2D eigenvalue weighted by Crippen LogP contribution is 2.13. The smallest absolute Gasteiger partial charge is 0.346 e. The molecule has 0 unspecified atom stereocenters. The summed E-state index contributed by atoms with van der Waals surface area (Å²) in [5.74, 6) is -0.499. The fraction of sp³-hybridized carbons (Fsp3) is 0.444. The van der Waals surface area contributed by atoms with E-state index in [9.17, 15) is 14.4 Å². The lowest BCUT2D eigenvalue weighted by Gasteiger charge is -2.24. The molecule has 0 aliphatic carbocycles. The molecule has 0 spiro atoms. The van der Waals surface area contributed by atoms with Crippen molar-refractivity contribution in [1.29, 1.82) is 0 Å². The quantitative estimate of drug-likeness (QED) is 0.853. The summed E-state index contributed by atoms with van der Waals surface area (Å²) in [5.41, 5.74) is 1.70. The van der Waals surface area contributed by atoms with E-state index in [1.165, 1.54) is 4.57 Å². The summed E-state index contributed by atoms with van der Waals surface area (Å²) in [6.07, 6.45) is 0. The van der Waals surface area contributed by atoms with E-state index in [4.69, 9.17) is 0 Å². The molecule has 1 aliphatic rings. The molecule has 1 aromatic heterocycles. The van der Waals surface area contributed by atoms with Gasteiger partial charge in [-0.25, -0.2) is 9.48 Å². The van der Waals surface area contributed by atoms with Crippen LogP contribution in [0.4, 0.5) is 0 Å². The molecule has 0 bridgehead atoms. The summed E-state index contributed by atoms with van der Waals surface area (Å²) in [5, 5.41) is 6.94. The lowest BCUT2D eigenvalue weighted by atomic mass is 10.1. The van der Waals surface area contributed by atoms with Crippen LogP contribution in [-0.2, 0) is 17.9 Å². The number of aryl methyl sites for hydroxylation is 1. The largest absolute Gasteiger partial charge is 0.348 e. The van der Waals surface area contributed by atoms with Gasteiger partial charge in [0, 0.05) is 19.6 Å². The van der Waals surface area contributed by atoms with Crippen molar-refractivity contribution in [3.05, 3.63) is 51.7 Å². The van der Waals surface area contributed by atoms with E-state index in [1.54, 1.807) is 4.90 Å². The third-order valence-electron chi connectivity index (χ3n) is 4.62. The maximum Gasteiger partial charge on any atom is 0.346 e. The molecule has 0 fully saturated rings. The number of fused-ring (bicyclic) bond motifs is 1. The SMILES string of the molecule is CCN1CCn2c(nn(CC(=O)N[C@@H](C)c3ccc(C)cc3)c2=O)C1=O. The minimum atomic E-state index is -0.428. The van der Waals surface area contributed by atoms with Crippen LogP contribution in [0.25, 0.3) is 0 Å². The highest BCUT2D eigenvalue weighted by atomic mass is 16.2. The van der Waals surface area contributed by atoms with Gasteiger partial charge in [-0.05, 0) is 26.3 Å². The van der Waals surface area contributed by atoms with Gasteiger partial charge in [0.25, 0.3) is 5.91 Å². The number of benzene rings is 1. The number of likely N-dealkylation sites (N-methyl/N-ethyl adjacent to an activating group) is 1. The maximum atomic E-state index is 12.4. The first kappa shape index (κ1) is 17.9. The predicted octanol–water partition coefficient (Wildman–Crippen LogP) is 0.706. The highest BCUT2D eigenvalue weighted by molar-refractivity contribution is 5.91. The van der Waals surface area contributed by atoms with Gasteiger partial charge in [-0.2, -0.15) is 0 Å². The van der Waals surface area contributed by atoms with E-state index < -0.39 is 5.69 Å². The summed E-state index contributed by atoms with van der Waals surface area (Å²) in [6.45, 7) is 6.98. The number of carbonyl (C=O) groups excluding carboxylic acids is 2. The first-order valence-corrected chi connectivity index (χ1v) is 8.73. The zero-order valence-corrected chi connectivity index (χ0v) is 15.2. The summed E-state index contributed by atoms with van der Waals surface area (Å²) in [7, 11) is 0. The molecular weight excluding hydrogens is 334 g/mol. The van der Waals surface area contributed by atoms with Crippen molar-refractivity contribution in [2.75, 3.05) is 13.1 Å². The highest BCUT2D eigenvalue weighted by Gasteiger charge is 2.29. The number of nitrogens with zero attached hydrogens (tertiary/aromatic N) is 4. The Morgan fingerprint density at radius 1 is 1.23 bits per heavy atom. The summed E-state index contributed by atoms with van der Waals surface area (Å²) >= 11 is 0. The second kappa shape index (κ2) is 7.15. The summed E-state index contributed by atoms with van der Waals surface area (Å²) in [4.78, 5) is 38.6. The molecule has 26 heavy (non-hydrogen) atoms. The average Bonchev–Trinajstić information content (AvgIpc) is 2.92. The first-order chi connectivity index (χ1) is 12.4. The molecule has 0 saturated carbocycles. The van der Waals surface area contributed by atoms with Crippen molar-refractivity contribution in [2.24, 2.45) is 0 Å². The second-order valence-electron chi connectivity index (χ2n) is 6.50. The molecule has 0 radical (unpaired) electrons. The number of hydrogen-bond acceptors (Lipinski definition) is 4. The van der Waals surface area contributed by atoms with Crippen molar-refractivity contribution in [1.82, 2.24) is 24.6 Å². The number of nitrogens with one attached hydrogen (secondary N) is 1. The molecule has 8 nitrogen and oxygen atoms in total. The third kappa shape index (κ3) is 3.40. The van der Waals surface area contributed by atoms with Crippen molar-refractivity contribution in [2.45, 2.75) is 39.9 Å². The Labute approximate surface area is 151 Å². The lowest BCUT2D eigenvalue weighted by Crippen LogP contribution is -2.43. The molecule has 3 rings (SSSR count). The van der Waals surface area contributed by atoms with E-state index in [0.717, 1.165) is 15.8 Å². The Hall–Kier alpha value is -2.90. The Bertz CT molecular complexity index is 881. The van der Waals surface area contributed by atoms with Gasteiger partial charge in [0.05, 0.1) is 6.04 Å². The van der Waals surface area contributed by atoms with E-state index in [0.29, 0.717) is 19.6 Å². The fourth-order valence-electron chi connectivity index (χ4n) is 3.03. The molecule has 1 atom stereocenters. The molecule has 1 aliphatic heterocycles. The van der Waals surface area contributed by atoms with E-state index in [-0.39, 0.29) is 30.2 Å². The molecule has 1 N–H and O–H groups in total. The van der Waals surface area contributed by atoms with Gasteiger partial charge in [0.15, 0.2) is 0 Å². The van der Waals surface area contributed by atoms with Gasteiger partial charge in [-0.3, -0.25) is 14.2 Å². The topological polar surface area (TPSA) is 89.2 Å². The first-order valence-electron chi connectivity index (χ1n) is 8.73. The standard InChI is InChI=1S/C18H23N5O3/c1-4-21-9-10-22-16(17(21)25)20-23(18(22)26)11-15(24)19-13(3)14-7-5-12(2)6-8-14/h5-8,13H,4,9-11H2,1-3H3,(H,19,24)/t13-/m0/s1. The number of carbonyl (C=O) groups is 2. The minimum absolute atomic E-state index is 0.0995. The van der Waals surface area contributed by atoms with Crippen LogP contribution in [0.15, 0.2) is 29.1 Å². The lowest BCUT2D eigenvalue weighted by molar-refractivity contribution is -0.122. The van der Waals surface area contributed by atoms with Crippen molar-refractivity contribution in [3.8, 4) is 0 Å². The van der Waals surface area contributed by atoms with E-state index in [1.807, 2.05) is 45.0 Å². The zero-order chi connectivity index (χ0) is 18.8. The molecule has 2 heterocycles. The summed E-state index contributed by atoms with van der Waals surface area (Å²) < 4.78 is 2.40. The van der Waals surface area contributed by atoms with Crippen LogP contribution < -0.4 is 11.0 Å². The molecule has 1 aromatic carbocycles. The van der Waals surface area contributed by atoms with Gasteiger partial charge in [0.2, 0.25) is 11.7 Å². The van der Waals surface area contributed by atoms with Gasteiger partial charge in [-0.1, -0.05) is 29.8 Å². The number of amides is 2. The molecule has 8 heteroatoms. The van der Waals surface area contributed by atoms with Crippen molar-refractivity contribution in [3.63, 3.8) is 0 Å². The number of rotatable bonds is 5. The predicted molar refractivity (Wildman–Crippen MR) is 95.8 cm³/mol. The minimum Gasteiger partial charge on any atom is -0.348 e. The summed E-state index contributed by atoms with van der Waals surface area (Å²) in [6, 6.07) is 7.70. The van der Waals surface area contributed by atoms with Gasteiger partial charge in [0.1, 0.15) is 6.54 Å². The van der Waals surface area contributed by atoms with Gasteiger partial charge >= 0.3 is 5.69 Å². The fourth-order valence-corrected chi connectivity index (χ4v) is 3.03. The monoisotopic (exact) mass is 357 g/mol.